The Morgan fingerprint density at radius 3 is 2.67 bits per heavy atom. The van der Waals surface area contributed by atoms with Gasteiger partial charge in [-0.2, -0.15) is 5.10 Å². The molecule has 0 bridgehead atoms. The molecule has 24 heavy (non-hydrogen) atoms. The number of piperazine rings is 1. The van der Waals surface area contributed by atoms with Crippen LogP contribution in [0.1, 0.15) is 21.7 Å². The van der Waals surface area contributed by atoms with Gasteiger partial charge >= 0.3 is 0 Å². The summed E-state index contributed by atoms with van der Waals surface area (Å²) < 4.78 is 18.5. The monoisotopic (exact) mass is 330 g/mol. The van der Waals surface area contributed by atoms with Crippen molar-refractivity contribution in [3.05, 3.63) is 47.0 Å². The van der Waals surface area contributed by atoms with Crippen LogP contribution in [0.15, 0.2) is 24.3 Å². The van der Waals surface area contributed by atoms with E-state index in [0.717, 1.165) is 36.5 Å². The van der Waals surface area contributed by atoms with Crippen LogP contribution in [0.25, 0.3) is 0 Å². The van der Waals surface area contributed by atoms with Crippen molar-refractivity contribution in [3.63, 3.8) is 0 Å². The summed E-state index contributed by atoms with van der Waals surface area (Å²) in [5, 5.41) is 7.17. The molecule has 2 aliphatic rings. The van der Waals surface area contributed by atoms with Gasteiger partial charge in [0.2, 0.25) is 0 Å². The Labute approximate surface area is 139 Å². The number of hydrogen-bond acceptors (Lipinski definition) is 4. The predicted molar refractivity (Wildman–Crippen MR) is 86.5 cm³/mol. The minimum Gasteiger partial charge on any atom is -0.376 e. The number of carbonyl (C=O) groups excluding carboxylic acids is 1. The maximum Gasteiger partial charge on any atom is 0.274 e. The van der Waals surface area contributed by atoms with Crippen molar-refractivity contribution in [2.45, 2.75) is 13.0 Å². The number of benzene rings is 1. The fourth-order valence-electron chi connectivity index (χ4n) is 3.26. The smallest absolute Gasteiger partial charge is 0.274 e. The molecule has 0 spiro atoms. The highest BCUT2D eigenvalue weighted by molar-refractivity contribution is 5.94. The Morgan fingerprint density at radius 2 is 1.92 bits per heavy atom. The van der Waals surface area contributed by atoms with E-state index in [-0.39, 0.29) is 11.7 Å². The molecule has 1 N–H and O–H groups in total. The van der Waals surface area contributed by atoms with Crippen LogP contribution in [0.4, 0.5) is 10.1 Å². The van der Waals surface area contributed by atoms with Crippen molar-refractivity contribution in [2.75, 3.05) is 37.7 Å². The van der Waals surface area contributed by atoms with Crippen molar-refractivity contribution < 1.29 is 13.9 Å². The standard InChI is InChI=1S/C17H19FN4O2/c18-12-1-3-13(4-2-12)21-6-8-22(9-7-21)17(23)16-14-11-24-10-5-15(14)19-20-16/h1-4H,5-11H2,(H,19,20). The number of aromatic nitrogens is 2. The molecular weight excluding hydrogens is 311 g/mol. The molecule has 2 aliphatic heterocycles. The summed E-state index contributed by atoms with van der Waals surface area (Å²) in [6.45, 7) is 3.81. The molecule has 0 atom stereocenters. The average molecular weight is 330 g/mol. The van der Waals surface area contributed by atoms with E-state index in [9.17, 15) is 9.18 Å². The number of H-pyrrole nitrogens is 1. The maximum atomic E-state index is 13.0. The molecule has 1 fully saturated rings. The molecule has 126 valence electrons. The Bertz CT molecular complexity index is 736. The molecule has 0 unspecified atom stereocenters. The van der Waals surface area contributed by atoms with E-state index < -0.39 is 0 Å². The van der Waals surface area contributed by atoms with Crippen LogP contribution in [0, 0.1) is 5.82 Å². The normalized spacial score (nSPS) is 17.7. The third-order valence-electron chi connectivity index (χ3n) is 4.66. The van der Waals surface area contributed by atoms with E-state index in [1.54, 1.807) is 12.1 Å². The van der Waals surface area contributed by atoms with Crippen LogP contribution in [-0.4, -0.2) is 53.8 Å². The molecule has 1 aromatic heterocycles. The second kappa shape index (κ2) is 6.24. The van der Waals surface area contributed by atoms with E-state index in [0.29, 0.717) is 32.0 Å². The van der Waals surface area contributed by atoms with Crippen LogP contribution < -0.4 is 4.90 Å². The second-order valence-corrected chi connectivity index (χ2v) is 6.09. The van der Waals surface area contributed by atoms with Gasteiger partial charge in [-0.25, -0.2) is 4.39 Å². The Balaban J connectivity index is 1.43. The molecule has 1 saturated heterocycles. The van der Waals surface area contributed by atoms with Gasteiger partial charge in [0.1, 0.15) is 5.82 Å². The lowest BCUT2D eigenvalue weighted by molar-refractivity contribution is 0.0727. The van der Waals surface area contributed by atoms with Crippen LogP contribution >= 0.6 is 0 Å². The fourth-order valence-corrected chi connectivity index (χ4v) is 3.26. The minimum atomic E-state index is -0.238. The molecule has 4 rings (SSSR count). The summed E-state index contributed by atoms with van der Waals surface area (Å²) in [7, 11) is 0. The zero-order valence-electron chi connectivity index (χ0n) is 13.3. The zero-order valence-corrected chi connectivity index (χ0v) is 13.3. The average Bonchev–Trinajstić information content (AvgIpc) is 3.06. The third-order valence-corrected chi connectivity index (χ3v) is 4.66. The van der Waals surface area contributed by atoms with Gasteiger partial charge in [0.15, 0.2) is 5.69 Å². The SMILES string of the molecule is O=C(c1n[nH]c2c1COCC2)N1CCN(c2ccc(F)cc2)CC1. The molecular formula is C17H19FN4O2. The number of amides is 1. The quantitative estimate of drug-likeness (QED) is 0.908. The first-order valence-corrected chi connectivity index (χ1v) is 8.16. The van der Waals surface area contributed by atoms with Gasteiger partial charge in [0, 0.05) is 49.5 Å². The van der Waals surface area contributed by atoms with Crippen molar-refractivity contribution in [1.82, 2.24) is 15.1 Å². The summed E-state index contributed by atoms with van der Waals surface area (Å²) in [5.74, 6) is -0.283. The maximum absolute atomic E-state index is 13.0. The highest BCUT2D eigenvalue weighted by Crippen LogP contribution is 2.21. The lowest BCUT2D eigenvalue weighted by Crippen LogP contribution is -2.49. The summed E-state index contributed by atoms with van der Waals surface area (Å²) in [5.41, 5.74) is 3.37. The highest BCUT2D eigenvalue weighted by atomic mass is 19.1. The van der Waals surface area contributed by atoms with Crippen molar-refractivity contribution in [1.29, 1.82) is 0 Å². The van der Waals surface area contributed by atoms with Crippen LogP contribution in [0.5, 0.6) is 0 Å². The van der Waals surface area contributed by atoms with Crippen LogP contribution in [0.3, 0.4) is 0 Å². The van der Waals surface area contributed by atoms with E-state index >= 15 is 0 Å². The van der Waals surface area contributed by atoms with Gasteiger partial charge in [-0.05, 0) is 24.3 Å². The number of ether oxygens (including phenoxy) is 1. The molecule has 0 saturated carbocycles. The lowest BCUT2D eigenvalue weighted by atomic mass is 10.1. The fraction of sp³-hybridized carbons (Fsp3) is 0.412. The molecule has 1 amide bonds. The van der Waals surface area contributed by atoms with Crippen molar-refractivity contribution in [2.24, 2.45) is 0 Å². The molecule has 0 aliphatic carbocycles. The molecule has 3 heterocycles. The number of nitrogens with one attached hydrogen (secondary N) is 1. The largest absolute Gasteiger partial charge is 0.376 e. The number of anilines is 1. The van der Waals surface area contributed by atoms with Gasteiger partial charge in [0.25, 0.3) is 5.91 Å². The first-order chi connectivity index (χ1) is 11.7. The molecule has 7 heteroatoms. The third kappa shape index (κ3) is 2.75. The Morgan fingerprint density at radius 1 is 1.17 bits per heavy atom. The summed E-state index contributed by atoms with van der Waals surface area (Å²) in [6, 6.07) is 6.47. The predicted octanol–water partition coefficient (Wildman–Crippen LogP) is 1.58. The number of nitrogens with zero attached hydrogens (tertiary/aromatic N) is 3. The number of fused-ring (bicyclic) bond motifs is 1. The number of carbonyl (C=O) groups is 1. The van der Waals surface area contributed by atoms with E-state index in [1.165, 1.54) is 12.1 Å². The Kier molecular flexibility index (Phi) is 3.93. The van der Waals surface area contributed by atoms with Crippen molar-refractivity contribution in [3.8, 4) is 0 Å². The van der Waals surface area contributed by atoms with Gasteiger partial charge in [0.05, 0.1) is 13.2 Å². The second-order valence-electron chi connectivity index (χ2n) is 6.09. The molecule has 0 radical (unpaired) electrons. The number of halogens is 1. The molecule has 6 nitrogen and oxygen atoms in total. The number of aromatic amines is 1. The first kappa shape index (κ1) is 15.1. The minimum absolute atomic E-state index is 0.0447. The van der Waals surface area contributed by atoms with E-state index in [2.05, 4.69) is 15.1 Å². The van der Waals surface area contributed by atoms with Gasteiger partial charge in [-0.3, -0.25) is 9.89 Å². The molecule has 2 aromatic rings. The lowest BCUT2D eigenvalue weighted by Gasteiger charge is -2.36. The number of hydrogen-bond donors (Lipinski definition) is 1. The van der Waals surface area contributed by atoms with Crippen LogP contribution in [0.2, 0.25) is 0 Å². The van der Waals surface area contributed by atoms with Crippen LogP contribution in [-0.2, 0) is 17.8 Å². The summed E-state index contributed by atoms with van der Waals surface area (Å²) in [4.78, 5) is 16.7. The van der Waals surface area contributed by atoms with Crippen molar-refractivity contribution >= 4 is 11.6 Å². The number of rotatable bonds is 2. The van der Waals surface area contributed by atoms with Gasteiger partial charge < -0.3 is 14.5 Å². The van der Waals surface area contributed by atoms with Gasteiger partial charge in [-0.15, -0.1) is 0 Å². The first-order valence-electron chi connectivity index (χ1n) is 8.16. The molecule has 1 aromatic carbocycles. The van der Waals surface area contributed by atoms with E-state index in [1.807, 2.05) is 4.90 Å². The summed E-state index contributed by atoms with van der Waals surface area (Å²) >= 11 is 0. The summed E-state index contributed by atoms with van der Waals surface area (Å²) in [6.07, 6.45) is 0.772. The zero-order chi connectivity index (χ0) is 16.5. The topological polar surface area (TPSA) is 61.5 Å². The Hall–Kier alpha value is -2.41. The highest BCUT2D eigenvalue weighted by Gasteiger charge is 2.28. The van der Waals surface area contributed by atoms with Gasteiger partial charge in [-0.1, -0.05) is 0 Å². The van der Waals surface area contributed by atoms with E-state index in [4.69, 9.17) is 4.74 Å².